The first-order valence-corrected chi connectivity index (χ1v) is 16.6. The number of rotatable bonds is 19. The van der Waals surface area contributed by atoms with E-state index in [9.17, 15) is 9.36 Å². The first kappa shape index (κ1) is 34.8. The highest BCUT2D eigenvalue weighted by molar-refractivity contribution is 7.52. The Labute approximate surface area is 260 Å². The van der Waals surface area contributed by atoms with Crippen LogP contribution in [0.2, 0.25) is 5.02 Å². The minimum absolute atomic E-state index is 0.159. The predicted molar refractivity (Wildman–Crippen MR) is 174 cm³/mol. The third-order valence-corrected chi connectivity index (χ3v) is 8.70. The number of para-hydroxylation sites is 1. The monoisotopic (exact) mass is 633 g/mol. The van der Waals surface area contributed by atoms with Gasteiger partial charge >= 0.3 is 13.7 Å². The number of nitrogens with zero attached hydrogens (tertiary/aromatic N) is 3. The molecule has 0 saturated heterocycles. The normalized spacial score (nSPS) is 14.4. The number of nitrogens with one attached hydrogen (secondary N) is 2. The molecule has 0 bridgehead atoms. The molecule has 0 radical (unpaired) electrons. The highest BCUT2D eigenvalue weighted by Gasteiger charge is 2.32. The smallest absolute Gasteiger partial charge is 0.459 e. The summed E-state index contributed by atoms with van der Waals surface area (Å²) >= 11 is 6.13. The van der Waals surface area contributed by atoms with E-state index in [2.05, 4.69) is 34.1 Å². The summed E-state index contributed by atoms with van der Waals surface area (Å²) in [6, 6.07) is 15.8. The molecule has 0 aliphatic rings. The van der Waals surface area contributed by atoms with Crippen LogP contribution in [0.4, 0.5) is 5.69 Å². The quantitative estimate of drug-likeness (QED) is 0.119. The number of halogens is 1. The Morgan fingerprint density at radius 2 is 1.81 bits per heavy atom. The summed E-state index contributed by atoms with van der Waals surface area (Å²) in [5, 5.41) is 8.06. The van der Waals surface area contributed by atoms with Gasteiger partial charge in [0.1, 0.15) is 18.4 Å². The second kappa shape index (κ2) is 17.5. The van der Waals surface area contributed by atoms with Gasteiger partial charge in [0.15, 0.2) is 0 Å². The van der Waals surface area contributed by atoms with Gasteiger partial charge in [-0.2, -0.15) is 5.09 Å². The van der Waals surface area contributed by atoms with E-state index < -0.39 is 19.8 Å². The van der Waals surface area contributed by atoms with Crippen LogP contribution < -0.4 is 14.9 Å². The van der Waals surface area contributed by atoms with Gasteiger partial charge in [-0.15, -0.1) is 0 Å². The van der Waals surface area contributed by atoms with E-state index >= 15 is 0 Å². The number of hydrogen-bond acceptors (Lipinski definition) is 9. The van der Waals surface area contributed by atoms with Crippen LogP contribution in [0.25, 0.3) is 10.9 Å². The summed E-state index contributed by atoms with van der Waals surface area (Å²) in [7, 11) is -0.0996. The Kier molecular flexibility index (Phi) is 14.2. The van der Waals surface area contributed by atoms with Crippen molar-refractivity contribution in [3.63, 3.8) is 0 Å². The molecule has 43 heavy (non-hydrogen) atoms. The maximum atomic E-state index is 13.7. The molecule has 0 saturated carbocycles. The zero-order chi connectivity index (χ0) is 31.2. The molecule has 0 fully saturated rings. The van der Waals surface area contributed by atoms with Gasteiger partial charge < -0.3 is 24.4 Å². The van der Waals surface area contributed by atoms with Crippen molar-refractivity contribution in [2.75, 3.05) is 58.8 Å². The number of pyridine rings is 1. The number of esters is 1. The maximum Gasteiger partial charge on any atom is 0.459 e. The molecule has 1 aromatic heterocycles. The average molecular weight is 634 g/mol. The van der Waals surface area contributed by atoms with Crippen molar-refractivity contribution in [1.29, 1.82) is 0 Å². The lowest BCUT2D eigenvalue weighted by Gasteiger charge is -2.25. The Balaban J connectivity index is 1.50. The topological polar surface area (TPSA) is 105 Å². The fraction of sp³-hybridized carbons (Fsp3) is 0.484. The fourth-order valence-corrected chi connectivity index (χ4v) is 6.03. The van der Waals surface area contributed by atoms with Crippen molar-refractivity contribution in [2.24, 2.45) is 0 Å². The van der Waals surface area contributed by atoms with E-state index in [1.165, 1.54) is 0 Å². The van der Waals surface area contributed by atoms with Gasteiger partial charge in [0.25, 0.3) is 0 Å². The average Bonchev–Trinajstić information content (AvgIpc) is 2.96. The molecule has 0 spiro atoms. The molecule has 1 heterocycles. The number of anilines is 1. The lowest BCUT2D eigenvalue weighted by atomic mass is 10.1. The van der Waals surface area contributed by atoms with Gasteiger partial charge in [-0.25, -0.2) is 4.57 Å². The zero-order valence-corrected chi connectivity index (χ0v) is 27.4. The van der Waals surface area contributed by atoms with Crippen molar-refractivity contribution >= 4 is 41.9 Å². The second-order valence-electron chi connectivity index (χ2n) is 10.7. The Morgan fingerprint density at radius 1 is 1.05 bits per heavy atom. The van der Waals surface area contributed by atoms with Crippen LogP contribution in [0, 0.1) is 0 Å². The number of fused-ring (bicyclic) bond motifs is 1. The van der Waals surface area contributed by atoms with Crippen molar-refractivity contribution in [1.82, 2.24) is 19.9 Å². The molecular weight excluding hydrogens is 589 g/mol. The minimum atomic E-state index is -3.88. The lowest BCUT2D eigenvalue weighted by Crippen LogP contribution is -2.37. The Morgan fingerprint density at radius 3 is 2.53 bits per heavy atom. The van der Waals surface area contributed by atoms with Crippen molar-refractivity contribution in [3.8, 4) is 5.75 Å². The van der Waals surface area contributed by atoms with Crippen LogP contribution in [0.3, 0.4) is 0 Å². The van der Waals surface area contributed by atoms with Gasteiger partial charge in [-0.1, -0.05) is 36.7 Å². The molecule has 10 nitrogen and oxygen atoms in total. The van der Waals surface area contributed by atoms with Gasteiger partial charge in [0, 0.05) is 41.4 Å². The molecule has 236 valence electrons. The molecule has 0 aliphatic carbocycles. The molecule has 3 atom stereocenters. The predicted octanol–water partition coefficient (Wildman–Crippen LogP) is 6.08. The fourth-order valence-electron chi connectivity index (χ4n) is 4.38. The van der Waals surface area contributed by atoms with Crippen LogP contribution >= 0.6 is 19.3 Å². The van der Waals surface area contributed by atoms with E-state index in [1.54, 1.807) is 37.4 Å². The molecule has 0 amide bonds. The number of carbonyl (C=O) groups is 1. The first-order chi connectivity index (χ1) is 20.6. The number of benzene rings is 2. The molecule has 3 aromatic rings. The molecule has 0 aliphatic heterocycles. The van der Waals surface area contributed by atoms with Gasteiger partial charge in [-0.05, 0) is 90.3 Å². The number of aromatic nitrogens is 1. The Bertz CT molecular complexity index is 1330. The van der Waals surface area contributed by atoms with Gasteiger partial charge in [0.05, 0.1) is 12.1 Å². The summed E-state index contributed by atoms with van der Waals surface area (Å²) in [4.78, 5) is 21.1. The molecule has 3 rings (SSSR count). The van der Waals surface area contributed by atoms with Gasteiger partial charge in [-0.3, -0.25) is 14.3 Å². The van der Waals surface area contributed by atoms with E-state index in [4.69, 9.17) is 25.4 Å². The highest BCUT2D eigenvalue weighted by Crippen LogP contribution is 2.44. The van der Waals surface area contributed by atoms with Crippen LogP contribution in [0.5, 0.6) is 5.75 Å². The van der Waals surface area contributed by atoms with Crippen LogP contribution in [-0.2, 0) is 18.6 Å². The molecule has 0 unspecified atom stereocenters. The maximum absolute atomic E-state index is 13.7. The molecule has 12 heteroatoms. The van der Waals surface area contributed by atoms with Crippen molar-refractivity contribution in [3.05, 3.63) is 65.8 Å². The summed E-state index contributed by atoms with van der Waals surface area (Å²) < 4.78 is 30.6. The van der Waals surface area contributed by atoms with Crippen LogP contribution in [0.1, 0.15) is 33.6 Å². The number of likely N-dealkylation sites (N-methyl/N-ethyl adjacent to an activating group) is 2. The van der Waals surface area contributed by atoms with E-state index in [0.29, 0.717) is 23.9 Å². The summed E-state index contributed by atoms with van der Waals surface area (Å²) in [5.74, 6) is -0.144. The van der Waals surface area contributed by atoms with Crippen molar-refractivity contribution < 1.29 is 23.1 Å². The largest absolute Gasteiger partial charge is 0.463 e. The van der Waals surface area contributed by atoms with E-state index in [0.717, 1.165) is 42.5 Å². The number of ether oxygens (including phenoxy) is 1. The Hall–Kier alpha value is -2.72. The third kappa shape index (κ3) is 12.1. The minimum Gasteiger partial charge on any atom is -0.463 e. The van der Waals surface area contributed by atoms with Crippen molar-refractivity contribution in [2.45, 2.75) is 45.7 Å². The van der Waals surface area contributed by atoms with Gasteiger partial charge in [0.2, 0.25) is 0 Å². The van der Waals surface area contributed by atoms with E-state index in [1.807, 2.05) is 49.3 Å². The number of hydrogen-bond donors (Lipinski definition) is 2. The molecule has 2 N–H and O–H groups in total. The van der Waals surface area contributed by atoms with Crippen LogP contribution in [0.15, 0.2) is 60.8 Å². The third-order valence-electron chi connectivity index (χ3n) is 6.79. The molecule has 2 aromatic carbocycles. The highest BCUT2D eigenvalue weighted by atomic mass is 35.5. The van der Waals surface area contributed by atoms with Crippen LogP contribution in [-0.4, -0.2) is 86.3 Å². The standard InChI is InChI=1S/C31H45ClN5O5P/c1-6-37(18-10-11-24(2)34-29-16-17-33-30-23-26(32)14-15-28(29)30)20-22-41-43(39,42-27-12-8-7-9-13-27)35-25(3)31(38)40-21-19-36(4)5/h7-9,12-17,23-25H,6,10-11,18-22H2,1-5H3,(H,33,34)(H,35,39)/t24-,25+,43+/m1/s1. The molecular formula is C31H45ClN5O5P. The summed E-state index contributed by atoms with van der Waals surface area (Å²) in [5.41, 5.74) is 1.90. The van der Waals surface area contributed by atoms with E-state index in [-0.39, 0.29) is 19.3 Å². The first-order valence-electron chi connectivity index (χ1n) is 14.7. The lowest BCUT2D eigenvalue weighted by molar-refractivity contribution is -0.145. The zero-order valence-electron chi connectivity index (χ0n) is 25.8. The second-order valence-corrected chi connectivity index (χ2v) is 12.8. The number of carbonyl (C=O) groups excluding carboxylic acids is 1. The summed E-state index contributed by atoms with van der Waals surface area (Å²) in [6.45, 7) is 9.03. The summed E-state index contributed by atoms with van der Waals surface area (Å²) in [6.07, 6.45) is 3.71. The SMILES string of the molecule is CCN(CCC[C@@H](C)Nc1ccnc2cc(Cl)ccc12)CCO[P@@](=O)(N[C@@H](C)C(=O)OCCN(C)C)Oc1ccccc1.